The summed E-state index contributed by atoms with van der Waals surface area (Å²) in [5.41, 5.74) is 5.98. The molecule has 3 rings (SSSR count). The summed E-state index contributed by atoms with van der Waals surface area (Å²) in [6, 6.07) is 4.51. The molecule has 2 heterocycles. The second-order valence-corrected chi connectivity index (χ2v) is 5.61. The minimum atomic E-state index is -0.829. The van der Waals surface area contributed by atoms with E-state index in [9.17, 15) is 9.90 Å². The number of aliphatic imine (C=N–C) groups is 1. The zero-order valence-electron chi connectivity index (χ0n) is 11.5. The van der Waals surface area contributed by atoms with Gasteiger partial charge in [0, 0.05) is 18.2 Å². The van der Waals surface area contributed by atoms with Crippen LogP contribution >= 0.6 is 0 Å². The number of urea groups is 1. The van der Waals surface area contributed by atoms with Crippen LogP contribution in [0.1, 0.15) is 19.4 Å². The van der Waals surface area contributed by atoms with Gasteiger partial charge in [-0.1, -0.05) is 13.8 Å². The molecule has 0 aliphatic carbocycles. The average molecular weight is 275 g/mol. The van der Waals surface area contributed by atoms with Gasteiger partial charge in [-0.2, -0.15) is 4.99 Å². The number of ether oxygens (including phenoxy) is 1. The van der Waals surface area contributed by atoms with Crippen LogP contribution in [-0.2, 0) is 5.54 Å². The van der Waals surface area contributed by atoms with Crippen LogP contribution in [0, 0.1) is 5.92 Å². The first-order chi connectivity index (χ1) is 9.45. The molecule has 0 saturated carbocycles. The number of amidine groups is 1. The molecule has 1 atom stereocenters. The fourth-order valence-electron chi connectivity index (χ4n) is 2.82. The molecule has 0 radical (unpaired) electrons. The normalized spacial score (nSPS) is 24.2. The van der Waals surface area contributed by atoms with Gasteiger partial charge in [-0.05, 0) is 18.1 Å². The molecule has 0 bridgehead atoms. The fourth-order valence-corrected chi connectivity index (χ4v) is 2.82. The average Bonchev–Trinajstić information content (AvgIpc) is 2.84. The standard InChI is InChI=1S/C14H17N3O3/c1-8(2)6-17-13(19)16-12(15)14(17)7-20-11-5-9(18)3-4-10(11)14/h3-5,8,18H,6-7H2,1-2H3,(H2,15,16,19). The van der Waals surface area contributed by atoms with E-state index in [1.807, 2.05) is 13.8 Å². The van der Waals surface area contributed by atoms with Crippen LogP contribution in [0.2, 0.25) is 0 Å². The van der Waals surface area contributed by atoms with E-state index < -0.39 is 5.54 Å². The van der Waals surface area contributed by atoms with Crippen LogP contribution in [0.15, 0.2) is 23.2 Å². The van der Waals surface area contributed by atoms with Gasteiger partial charge < -0.3 is 20.5 Å². The smallest absolute Gasteiger partial charge is 0.346 e. The molecule has 1 aromatic rings. The summed E-state index contributed by atoms with van der Waals surface area (Å²) in [7, 11) is 0. The Bertz CT molecular complexity index is 612. The summed E-state index contributed by atoms with van der Waals surface area (Å²) in [6.45, 7) is 4.85. The van der Waals surface area contributed by atoms with Crippen LogP contribution in [0.5, 0.6) is 11.5 Å². The second-order valence-electron chi connectivity index (χ2n) is 5.61. The number of fused-ring (bicyclic) bond motifs is 2. The first kappa shape index (κ1) is 12.8. The second kappa shape index (κ2) is 4.13. The highest BCUT2D eigenvalue weighted by Crippen LogP contribution is 2.45. The number of carbonyl (C=O) groups excluding carboxylic acids is 1. The molecule has 2 aliphatic heterocycles. The number of hydrogen-bond donors (Lipinski definition) is 2. The summed E-state index contributed by atoms with van der Waals surface area (Å²) in [6.07, 6.45) is 0. The number of nitrogens with two attached hydrogens (primary N) is 1. The summed E-state index contributed by atoms with van der Waals surface area (Å²) >= 11 is 0. The highest BCUT2D eigenvalue weighted by molar-refractivity contribution is 6.07. The maximum absolute atomic E-state index is 12.1. The van der Waals surface area contributed by atoms with Crippen LogP contribution in [0.4, 0.5) is 4.79 Å². The minimum absolute atomic E-state index is 0.121. The van der Waals surface area contributed by atoms with Gasteiger partial charge in [-0.15, -0.1) is 0 Å². The largest absolute Gasteiger partial charge is 0.508 e. The van der Waals surface area contributed by atoms with E-state index in [2.05, 4.69) is 4.99 Å². The topological polar surface area (TPSA) is 88.2 Å². The Labute approximate surface area is 116 Å². The molecule has 0 saturated heterocycles. The van der Waals surface area contributed by atoms with Crippen molar-refractivity contribution in [2.45, 2.75) is 19.4 Å². The lowest BCUT2D eigenvalue weighted by atomic mass is 9.89. The van der Waals surface area contributed by atoms with E-state index in [1.165, 1.54) is 6.07 Å². The lowest BCUT2D eigenvalue weighted by Gasteiger charge is -2.34. The fraction of sp³-hybridized carbons (Fsp3) is 0.429. The Morgan fingerprint density at radius 2 is 2.30 bits per heavy atom. The third kappa shape index (κ3) is 1.57. The van der Waals surface area contributed by atoms with Gasteiger partial charge in [0.25, 0.3) is 0 Å². The van der Waals surface area contributed by atoms with Gasteiger partial charge in [0.2, 0.25) is 0 Å². The van der Waals surface area contributed by atoms with Crippen molar-refractivity contribution in [3.63, 3.8) is 0 Å². The summed E-state index contributed by atoms with van der Waals surface area (Å²) in [5.74, 6) is 1.22. The molecular weight excluding hydrogens is 258 g/mol. The number of phenolic OH excluding ortho intramolecular Hbond substituents is 1. The SMILES string of the molecule is CC(C)CN1C(=O)N=C(N)C12COc1cc(O)ccc12. The number of benzene rings is 1. The predicted octanol–water partition coefficient (Wildman–Crippen LogP) is 1.43. The van der Waals surface area contributed by atoms with Crippen molar-refractivity contribution in [1.82, 2.24) is 4.90 Å². The molecule has 2 aliphatic rings. The lowest BCUT2D eigenvalue weighted by molar-refractivity contribution is 0.138. The molecule has 20 heavy (non-hydrogen) atoms. The first-order valence-electron chi connectivity index (χ1n) is 6.57. The molecule has 1 spiro atoms. The van der Waals surface area contributed by atoms with E-state index in [-0.39, 0.29) is 30.1 Å². The molecule has 106 valence electrons. The third-order valence-electron chi connectivity index (χ3n) is 3.73. The predicted molar refractivity (Wildman–Crippen MR) is 73.8 cm³/mol. The van der Waals surface area contributed by atoms with E-state index in [4.69, 9.17) is 10.5 Å². The van der Waals surface area contributed by atoms with E-state index in [0.29, 0.717) is 12.3 Å². The van der Waals surface area contributed by atoms with Crippen molar-refractivity contribution in [2.24, 2.45) is 16.6 Å². The van der Waals surface area contributed by atoms with Gasteiger partial charge in [-0.25, -0.2) is 4.79 Å². The van der Waals surface area contributed by atoms with Crippen molar-refractivity contribution < 1.29 is 14.6 Å². The molecule has 6 heteroatoms. The highest BCUT2D eigenvalue weighted by Gasteiger charge is 2.55. The van der Waals surface area contributed by atoms with Gasteiger partial charge in [0.05, 0.1) is 0 Å². The molecule has 1 unspecified atom stereocenters. The lowest BCUT2D eigenvalue weighted by Crippen LogP contribution is -2.53. The monoisotopic (exact) mass is 275 g/mol. The molecule has 0 fully saturated rings. The minimum Gasteiger partial charge on any atom is -0.508 e. The number of carbonyl (C=O) groups is 1. The molecule has 0 aromatic heterocycles. The summed E-state index contributed by atoms with van der Waals surface area (Å²) in [5, 5.41) is 9.53. The van der Waals surface area contributed by atoms with Gasteiger partial charge in [-0.3, -0.25) is 0 Å². The molecule has 3 N–H and O–H groups in total. The molecule has 2 amide bonds. The number of rotatable bonds is 2. The van der Waals surface area contributed by atoms with E-state index in [1.54, 1.807) is 17.0 Å². The number of amides is 2. The zero-order chi connectivity index (χ0) is 14.5. The Morgan fingerprint density at radius 1 is 1.55 bits per heavy atom. The maximum atomic E-state index is 12.1. The van der Waals surface area contributed by atoms with Crippen LogP contribution in [0.3, 0.4) is 0 Å². The zero-order valence-corrected chi connectivity index (χ0v) is 11.5. The van der Waals surface area contributed by atoms with Crippen LogP contribution in [-0.4, -0.2) is 35.0 Å². The Kier molecular flexibility index (Phi) is 2.64. The van der Waals surface area contributed by atoms with Crippen LogP contribution in [0.25, 0.3) is 0 Å². The summed E-state index contributed by atoms with van der Waals surface area (Å²) in [4.78, 5) is 17.7. The van der Waals surface area contributed by atoms with Crippen molar-refractivity contribution in [1.29, 1.82) is 0 Å². The Balaban J connectivity index is 2.12. The van der Waals surface area contributed by atoms with Crippen molar-refractivity contribution in [3.8, 4) is 11.5 Å². The number of aromatic hydroxyl groups is 1. The molecular formula is C14H17N3O3. The number of hydrogen-bond acceptors (Lipinski definition) is 4. The number of phenols is 1. The van der Waals surface area contributed by atoms with E-state index >= 15 is 0 Å². The van der Waals surface area contributed by atoms with E-state index in [0.717, 1.165) is 5.56 Å². The Hall–Kier alpha value is -2.24. The van der Waals surface area contributed by atoms with Gasteiger partial charge in [0.1, 0.15) is 23.9 Å². The number of nitrogens with zero attached hydrogens (tertiary/aromatic N) is 2. The first-order valence-corrected chi connectivity index (χ1v) is 6.57. The van der Waals surface area contributed by atoms with Crippen molar-refractivity contribution in [2.75, 3.05) is 13.2 Å². The highest BCUT2D eigenvalue weighted by atomic mass is 16.5. The van der Waals surface area contributed by atoms with Gasteiger partial charge in [0.15, 0.2) is 5.54 Å². The molecule has 6 nitrogen and oxygen atoms in total. The van der Waals surface area contributed by atoms with Crippen molar-refractivity contribution in [3.05, 3.63) is 23.8 Å². The van der Waals surface area contributed by atoms with Crippen LogP contribution < -0.4 is 10.5 Å². The quantitative estimate of drug-likeness (QED) is 0.854. The Morgan fingerprint density at radius 3 is 3.00 bits per heavy atom. The maximum Gasteiger partial charge on any atom is 0.346 e. The van der Waals surface area contributed by atoms with Crippen molar-refractivity contribution >= 4 is 11.9 Å². The third-order valence-corrected chi connectivity index (χ3v) is 3.73. The van der Waals surface area contributed by atoms with Gasteiger partial charge >= 0.3 is 6.03 Å². The summed E-state index contributed by atoms with van der Waals surface area (Å²) < 4.78 is 5.63. The molecule has 1 aromatic carbocycles.